The smallest absolute Gasteiger partial charge is 0.272 e. The van der Waals surface area contributed by atoms with Crippen LogP contribution in [0.15, 0.2) is 30.9 Å². The van der Waals surface area contributed by atoms with Gasteiger partial charge >= 0.3 is 0 Å². The number of hydrogen-bond donors (Lipinski definition) is 0. The number of carbonyl (C=O) groups excluding carboxylic acids is 2. The van der Waals surface area contributed by atoms with Crippen LogP contribution in [0.25, 0.3) is 0 Å². The molecule has 2 aromatic heterocycles. The van der Waals surface area contributed by atoms with Crippen LogP contribution in [0.2, 0.25) is 0 Å². The van der Waals surface area contributed by atoms with Crippen LogP contribution in [0.3, 0.4) is 0 Å². The first-order valence-electron chi connectivity index (χ1n) is 10.3. The number of imidazole rings is 1. The standard InChI is InChI=1S/C21H28N6O2/c1-3-25-15-22-14-19(25)21(29)27-8-4-5-18(27)17-7-6-16(13-23-17)20(28)26-11-9-24(2)10-12-26/h6-7,13-15,18H,3-5,8-12H2,1-2H3/t18-/m0/s1. The predicted octanol–water partition coefficient (Wildman–Crippen LogP) is 1.66. The Morgan fingerprint density at radius 1 is 1.07 bits per heavy atom. The molecule has 1 atom stereocenters. The normalized spacial score (nSPS) is 20.3. The van der Waals surface area contributed by atoms with Gasteiger partial charge in [-0.2, -0.15) is 0 Å². The molecule has 8 nitrogen and oxygen atoms in total. The fourth-order valence-electron chi connectivity index (χ4n) is 4.14. The van der Waals surface area contributed by atoms with E-state index in [0.29, 0.717) is 24.3 Å². The Hall–Kier alpha value is -2.74. The molecule has 4 heterocycles. The van der Waals surface area contributed by atoms with E-state index in [4.69, 9.17) is 0 Å². The van der Waals surface area contributed by atoms with Gasteiger partial charge in [0.25, 0.3) is 11.8 Å². The Bertz CT molecular complexity index is 870. The van der Waals surface area contributed by atoms with Gasteiger partial charge in [0.2, 0.25) is 0 Å². The predicted molar refractivity (Wildman–Crippen MR) is 109 cm³/mol. The van der Waals surface area contributed by atoms with Crippen LogP contribution in [0, 0.1) is 0 Å². The summed E-state index contributed by atoms with van der Waals surface area (Å²) in [6, 6.07) is 3.69. The third-order valence-electron chi connectivity index (χ3n) is 5.95. The largest absolute Gasteiger partial charge is 0.336 e. The fourth-order valence-corrected chi connectivity index (χ4v) is 4.14. The average molecular weight is 396 g/mol. The molecule has 29 heavy (non-hydrogen) atoms. The summed E-state index contributed by atoms with van der Waals surface area (Å²) >= 11 is 0. The highest BCUT2D eigenvalue weighted by Crippen LogP contribution is 2.32. The Labute approximate surface area is 171 Å². The average Bonchev–Trinajstić information content (AvgIpc) is 3.43. The van der Waals surface area contributed by atoms with Gasteiger partial charge in [0.15, 0.2) is 0 Å². The van der Waals surface area contributed by atoms with E-state index >= 15 is 0 Å². The Morgan fingerprint density at radius 2 is 1.86 bits per heavy atom. The number of nitrogens with zero attached hydrogens (tertiary/aromatic N) is 6. The second-order valence-corrected chi connectivity index (χ2v) is 7.79. The van der Waals surface area contributed by atoms with Crippen LogP contribution in [-0.2, 0) is 6.54 Å². The number of piperazine rings is 1. The topological polar surface area (TPSA) is 74.6 Å². The number of amides is 2. The van der Waals surface area contributed by atoms with Crippen LogP contribution >= 0.6 is 0 Å². The van der Waals surface area contributed by atoms with Gasteiger partial charge in [0, 0.05) is 45.5 Å². The van der Waals surface area contributed by atoms with Gasteiger partial charge in [-0.15, -0.1) is 0 Å². The zero-order valence-electron chi connectivity index (χ0n) is 17.1. The van der Waals surface area contributed by atoms with Crippen LogP contribution in [0.5, 0.6) is 0 Å². The Kier molecular flexibility index (Phi) is 5.62. The van der Waals surface area contributed by atoms with Gasteiger partial charge < -0.3 is 19.3 Å². The summed E-state index contributed by atoms with van der Waals surface area (Å²) in [5, 5.41) is 0. The van der Waals surface area contributed by atoms with Crippen molar-refractivity contribution in [3.05, 3.63) is 47.8 Å². The Morgan fingerprint density at radius 3 is 2.55 bits per heavy atom. The molecule has 2 aliphatic rings. The van der Waals surface area contributed by atoms with Gasteiger partial charge in [-0.05, 0) is 38.9 Å². The lowest BCUT2D eigenvalue weighted by molar-refractivity contribution is 0.0661. The summed E-state index contributed by atoms with van der Waals surface area (Å²) in [6.45, 7) is 6.69. The molecule has 0 unspecified atom stereocenters. The zero-order valence-corrected chi connectivity index (χ0v) is 17.1. The minimum Gasteiger partial charge on any atom is -0.336 e. The van der Waals surface area contributed by atoms with Crippen molar-refractivity contribution >= 4 is 11.8 Å². The van der Waals surface area contributed by atoms with E-state index < -0.39 is 0 Å². The second kappa shape index (κ2) is 8.32. The monoisotopic (exact) mass is 396 g/mol. The highest BCUT2D eigenvalue weighted by atomic mass is 16.2. The van der Waals surface area contributed by atoms with Crippen LogP contribution in [0.1, 0.15) is 52.3 Å². The van der Waals surface area contributed by atoms with Crippen LogP contribution in [0.4, 0.5) is 0 Å². The molecule has 0 bridgehead atoms. The summed E-state index contributed by atoms with van der Waals surface area (Å²) in [4.78, 5) is 40.5. The second-order valence-electron chi connectivity index (χ2n) is 7.79. The third kappa shape index (κ3) is 3.89. The van der Waals surface area contributed by atoms with Crippen molar-refractivity contribution in [3.8, 4) is 0 Å². The molecule has 0 spiro atoms. The number of likely N-dealkylation sites (N-methyl/N-ethyl adjacent to an activating group) is 1. The summed E-state index contributed by atoms with van der Waals surface area (Å²) < 4.78 is 1.86. The molecular formula is C21H28N6O2. The maximum absolute atomic E-state index is 13.1. The van der Waals surface area contributed by atoms with Gasteiger partial charge in [-0.1, -0.05) is 0 Å². The zero-order chi connectivity index (χ0) is 20.4. The third-order valence-corrected chi connectivity index (χ3v) is 5.95. The summed E-state index contributed by atoms with van der Waals surface area (Å²) in [5.41, 5.74) is 2.06. The minimum absolute atomic E-state index is 0.00811. The van der Waals surface area contributed by atoms with Gasteiger partial charge in [0.1, 0.15) is 5.69 Å². The molecule has 4 rings (SSSR count). The van der Waals surface area contributed by atoms with Crippen molar-refractivity contribution in [2.24, 2.45) is 0 Å². The number of aromatic nitrogens is 3. The molecule has 0 saturated carbocycles. The number of aryl methyl sites for hydroxylation is 1. The highest BCUT2D eigenvalue weighted by Gasteiger charge is 2.33. The number of rotatable bonds is 4. The van der Waals surface area contributed by atoms with Gasteiger partial charge in [-0.25, -0.2) is 4.98 Å². The fraction of sp³-hybridized carbons (Fsp3) is 0.524. The van der Waals surface area contributed by atoms with Crippen molar-refractivity contribution in [2.75, 3.05) is 39.8 Å². The highest BCUT2D eigenvalue weighted by molar-refractivity contribution is 5.94. The van der Waals surface area contributed by atoms with Crippen molar-refractivity contribution in [1.82, 2.24) is 29.2 Å². The summed E-state index contributed by atoms with van der Waals surface area (Å²) in [7, 11) is 2.07. The summed E-state index contributed by atoms with van der Waals surface area (Å²) in [5.74, 6) is 0.0228. The van der Waals surface area contributed by atoms with E-state index in [1.165, 1.54) is 0 Å². The molecule has 0 aromatic carbocycles. The lowest BCUT2D eigenvalue weighted by Crippen LogP contribution is -2.47. The van der Waals surface area contributed by atoms with E-state index in [0.717, 1.165) is 44.7 Å². The number of likely N-dealkylation sites (tertiary alicyclic amines) is 1. The van der Waals surface area contributed by atoms with Crippen molar-refractivity contribution in [1.29, 1.82) is 0 Å². The van der Waals surface area contributed by atoms with Gasteiger partial charge in [0.05, 0.1) is 29.8 Å². The number of pyridine rings is 1. The molecule has 2 aromatic rings. The van der Waals surface area contributed by atoms with Crippen molar-refractivity contribution < 1.29 is 9.59 Å². The first kappa shape index (κ1) is 19.6. The quantitative estimate of drug-likeness (QED) is 0.786. The lowest BCUT2D eigenvalue weighted by Gasteiger charge is -2.32. The lowest BCUT2D eigenvalue weighted by atomic mass is 10.1. The Balaban J connectivity index is 1.48. The molecule has 2 aliphatic heterocycles. The first-order chi connectivity index (χ1) is 14.1. The molecule has 2 fully saturated rings. The van der Waals surface area contributed by atoms with E-state index in [2.05, 4.69) is 21.9 Å². The van der Waals surface area contributed by atoms with E-state index in [9.17, 15) is 9.59 Å². The molecule has 2 amide bonds. The molecule has 0 radical (unpaired) electrons. The SMILES string of the molecule is CCn1cncc1C(=O)N1CCC[C@H]1c1ccc(C(=O)N2CCN(C)CC2)cn1. The molecular weight excluding hydrogens is 368 g/mol. The molecule has 0 aliphatic carbocycles. The van der Waals surface area contributed by atoms with E-state index in [-0.39, 0.29) is 17.9 Å². The van der Waals surface area contributed by atoms with Crippen LogP contribution in [-0.4, -0.2) is 80.8 Å². The molecule has 0 N–H and O–H groups in total. The number of hydrogen-bond acceptors (Lipinski definition) is 5. The molecule has 2 saturated heterocycles. The van der Waals surface area contributed by atoms with Gasteiger partial charge in [-0.3, -0.25) is 14.6 Å². The maximum Gasteiger partial charge on any atom is 0.272 e. The molecule has 154 valence electrons. The van der Waals surface area contributed by atoms with Crippen molar-refractivity contribution in [2.45, 2.75) is 32.4 Å². The maximum atomic E-state index is 13.1. The minimum atomic E-state index is -0.0597. The number of carbonyl (C=O) groups is 2. The van der Waals surface area contributed by atoms with Crippen LogP contribution < -0.4 is 0 Å². The molecule has 8 heteroatoms. The van der Waals surface area contributed by atoms with Crippen molar-refractivity contribution in [3.63, 3.8) is 0 Å². The first-order valence-corrected chi connectivity index (χ1v) is 10.3. The van der Waals surface area contributed by atoms with E-state index in [1.807, 2.05) is 33.4 Å². The van der Waals surface area contributed by atoms with E-state index in [1.54, 1.807) is 18.7 Å². The summed E-state index contributed by atoms with van der Waals surface area (Å²) in [6.07, 6.45) is 6.81.